The van der Waals surface area contributed by atoms with Crippen LogP contribution in [0.5, 0.6) is 5.88 Å². The van der Waals surface area contributed by atoms with Gasteiger partial charge in [-0.15, -0.1) is 0 Å². The number of nitrogens with zero attached hydrogens (tertiary/aromatic N) is 5. The Morgan fingerprint density at radius 3 is 2.90 bits per heavy atom. The van der Waals surface area contributed by atoms with Crippen molar-refractivity contribution in [3.63, 3.8) is 0 Å². The number of pyridine rings is 1. The Morgan fingerprint density at radius 2 is 2.10 bits per heavy atom. The van der Waals surface area contributed by atoms with Crippen LogP contribution in [0.4, 0.5) is 22.2 Å². The number of ether oxygens (including phenoxy) is 2. The summed E-state index contributed by atoms with van der Waals surface area (Å²) in [6, 6.07) is 1.75. The van der Waals surface area contributed by atoms with Gasteiger partial charge in [-0.25, -0.2) is 19.7 Å². The van der Waals surface area contributed by atoms with Crippen LogP contribution in [0.1, 0.15) is 30.2 Å². The smallest absolute Gasteiger partial charge is 0.415 e. The van der Waals surface area contributed by atoms with E-state index in [1.165, 1.54) is 22.2 Å². The minimum Gasteiger partial charge on any atom is -0.465 e. The monoisotopic (exact) mass is 538 g/mol. The van der Waals surface area contributed by atoms with Crippen LogP contribution < -0.4 is 25.6 Å². The minimum atomic E-state index is -0.491. The SMILES string of the molecule is Cc1nc(NC(=O)C(C)N(C)C)cc2c1CC(CNCCC1CN(c3cnc4c(n3)NC(=O)CO4)C(=O)O1)C2. The van der Waals surface area contributed by atoms with Crippen molar-refractivity contribution in [1.82, 2.24) is 25.2 Å². The van der Waals surface area contributed by atoms with E-state index in [1.54, 1.807) is 0 Å². The highest BCUT2D eigenvalue weighted by molar-refractivity contribution is 5.95. The summed E-state index contributed by atoms with van der Waals surface area (Å²) in [5.74, 6) is 1.37. The highest BCUT2D eigenvalue weighted by Crippen LogP contribution is 2.31. The van der Waals surface area contributed by atoms with Crippen LogP contribution in [-0.4, -0.2) is 90.2 Å². The molecular formula is C26H34N8O5. The molecule has 0 spiro atoms. The van der Waals surface area contributed by atoms with Crippen molar-refractivity contribution < 1.29 is 23.9 Å². The highest BCUT2D eigenvalue weighted by Gasteiger charge is 2.34. The molecule has 3 N–H and O–H groups in total. The van der Waals surface area contributed by atoms with Crippen LogP contribution in [0.25, 0.3) is 0 Å². The van der Waals surface area contributed by atoms with Gasteiger partial charge in [0.2, 0.25) is 5.91 Å². The molecule has 208 valence electrons. The lowest BCUT2D eigenvalue weighted by molar-refractivity contribution is -0.120. The zero-order valence-electron chi connectivity index (χ0n) is 22.6. The predicted octanol–water partition coefficient (Wildman–Crippen LogP) is 1.12. The van der Waals surface area contributed by atoms with Crippen molar-refractivity contribution in [2.45, 2.75) is 45.3 Å². The molecule has 0 bridgehead atoms. The number of carbonyl (C=O) groups excluding carboxylic acids is 3. The number of nitrogens with one attached hydrogen (secondary N) is 3. The zero-order valence-corrected chi connectivity index (χ0v) is 22.6. The van der Waals surface area contributed by atoms with E-state index in [4.69, 9.17) is 9.47 Å². The van der Waals surface area contributed by atoms with Crippen LogP contribution in [0.15, 0.2) is 12.3 Å². The maximum atomic E-state index is 12.4. The summed E-state index contributed by atoms with van der Waals surface area (Å²) in [6.07, 6.45) is 3.17. The van der Waals surface area contributed by atoms with Crippen LogP contribution in [0, 0.1) is 12.8 Å². The number of aromatic nitrogens is 3. The van der Waals surface area contributed by atoms with Crippen LogP contribution in [-0.2, 0) is 27.2 Å². The first-order chi connectivity index (χ1) is 18.7. The fraction of sp³-hybridized carbons (Fsp3) is 0.538. The molecule has 13 heteroatoms. The Hall–Kier alpha value is -3.84. The number of hydrogen-bond acceptors (Lipinski definition) is 10. The van der Waals surface area contributed by atoms with Crippen LogP contribution >= 0.6 is 0 Å². The standard InChI is InChI=1S/C26H34N8O5/c1-14-19-8-16(7-17(19)9-20(29-14)30-24(36)15(2)33(3)4)10-27-6-5-18-12-34(26(37)39-18)21-11-28-25-23(31-21)32-22(35)13-38-25/h9,11,15-16,18,27H,5-8,10,12-13H2,1-4H3,(H,29,30,36)(H,31,32,35). The van der Waals surface area contributed by atoms with Gasteiger partial charge in [-0.1, -0.05) is 0 Å². The first-order valence-electron chi connectivity index (χ1n) is 13.1. The third-order valence-electron chi connectivity index (χ3n) is 7.38. The number of amides is 3. The lowest BCUT2D eigenvalue weighted by Crippen LogP contribution is -2.37. The van der Waals surface area contributed by atoms with Crippen molar-refractivity contribution >= 4 is 35.4 Å². The molecule has 0 saturated carbocycles. The van der Waals surface area contributed by atoms with E-state index in [0.29, 0.717) is 37.1 Å². The Bertz CT molecular complexity index is 1290. The van der Waals surface area contributed by atoms with Crippen molar-refractivity contribution in [3.05, 3.63) is 29.1 Å². The molecule has 2 aliphatic heterocycles. The zero-order chi connectivity index (χ0) is 27.7. The fourth-order valence-corrected chi connectivity index (χ4v) is 4.99. The average Bonchev–Trinajstić information content (AvgIpc) is 3.48. The molecule has 3 atom stereocenters. The van der Waals surface area contributed by atoms with Gasteiger partial charge in [-0.3, -0.25) is 19.4 Å². The molecule has 2 aromatic heterocycles. The maximum absolute atomic E-state index is 12.4. The van der Waals surface area contributed by atoms with Gasteiger partial charge in [0.25, 0.3) is 11.8 Å². The van der Waals surface area contributed by atoms with Crippen molar-refractivity contribution in [3.8, 4) is 5.88 Å². The number of anilines is 3. The fourth-order valence-electron chi connectivity index (χ4n) is 4.99. The van der Waals surface area contributed by atoms with Crippen molar-refractivity contribution in [2.24, 2.45) is 5.92 Å². The number of carbonyl (C=O) groups is 3. The second-order valence-corrected chi connectivity index (χ2v) is 10.5. The highest BCUT2D eigenvalue weighted by atomic mass is 16.6. The van der Waals surface area contributed by atoms with Gasteiger partial charge in [-0.05, 0) is 83.4 Å². The molecule has 0 radical (unpaired) electrons. The molecule has 2 aromatic rings. The summed E-state index contributed by atoms with van der Waals surface area (Å²) < 4.78 is 10.7. The number of cyclic esters (lactones) is 1. The maximum Gasteiger partial charge on any atom is 0.415 e. The number of rotatable bonds is 9. The van der Waals surface area contributed by atoms with Gasteiger partial charge < -0.3 is 25.4 Å². The van der Waals surface area contributed by atoms with Gasteiger partial charge in [0.15, 0.2) is 18.2 Å². The van der Waals surface area contributed by atoms with Gasteiger partial charge in [0.1, 0.15) is 11.9 Å². The molecule has 3 amide bonds. The van der Waals surface area contributed by atoms with E-state index in [-0.39, 0.29) is 42.3 Å². The number of likely N-dealkylation sites (N-methyl/N-ethyl adjacent to an activating group) is 1. The van der Waals surface area contributed by atoms with E-state index in [0.717, 1.165) is 25.1 Å². The Kier molecular flexibility index (Phi) is 7.62. The molecule has 0 aromatic carbocycles. The largest absolute Gasteiger partial charge is 0.465 e. The summed E-state index contributed by atoms with van der Waals surface area (Å²) in [5.41, 5.74) is 3.45. The Labute approximate surface area is 226 Å². The van der Waals surface area contributed by atoms with Gasteiger partial charge in [0.05, 0.1) is 18.8 Å². The van der Waals surface area contributed by atoms with Gasteiger partial charge in [-0.2, -0.15) is 0 Å². The Balaban J connectivity index is 1.08. The van der Waals surface area contributed by atoms with Gasteiger partial charge in [0, 0.05) is 5.69 Å². The molecule has 1 aliphatic carbocycles. The summed E-state index contributed by atoms with van der Waals surface area (Å²) in [7, 11) is 3.74. The molecular weight excluding hydrogens is 504 g/mol. The molecule has 13 nitrogen and oxygen atoms in total. The van der Waals surface area contributed by atoms with E-state index in [1.807, 2.05) is 38.9 Å². The molecule has 4 heterocycles. The summed E-state index contributed by atoms with van der Waals surface area (Å²) in [4.78, 5) is 52.8. The molecule has 1 saturated heterocycles. The second kappa shape index (κ2) is 11.1. The van der Waals surface area contributed by atoms with E-state index >= 15 is 0 Å². The minimum absolute atomic E-state index is 0.0753. The molecule has 39 heavy (non-hydrogen) atoms. The molecule has 3 aliphatic rings. The molecule has 1 fully saturated rings. The number of fused-ring (bicyclic) bond motifs is 2. The third-order valence-corrected chi connectivity index (χ3v) is 7.38. The summed E-state index contributed by atoms with van der Waals surface area (Å²) >= 11 is 0. The first-order valence-corrected chi connectivity index (χ1v) is 13.1. The second-order valence-electron chi connectivity index (χ2n) is 10.5. The molecule has 5 rings (SSSR count). The van der Waals surface area contributed by atoms with Crippen LogP contribution in [0.2, 0.25) is 0 Å². The third kappa shape index (κ3) is 5.93. The van der Waals surface area contributed by atoms with Crippen LogP contribution in [0.3, 0.4) is 0 Å². The van der Waals surface area contributed by atoms with E-state index < -0.39 is 6.09 Å². The predicted molar refractivity (Wildman–Crippen MR) is 143 cm³/mol. The summed E-state index contributed by atoms with van der Waals surface area (Å²) in [5, 5.41) is 9.04. The normalized spacial score (nSPS) is 20.7. The van der Waals surface area contributed by atoms with Gasteiger partial charge >= 0.3 is 6.09 Å². The topological polar surface area (TPSA) is 151 Å². The number of hydrogen-bond donors (Lipinski definition) is 3. The summed E-state index contributed by atoms with van der Waals surface area (Å²) in [6.45, 7) is 5.62. The average molecular weight is 539 g/mol. The lowest BCUT2D eigenvalue weighted by Gasteiger charge is -2.19. The van der Waals surface area contributed by atoms with Crippen molar-refractivity contribution in [2.75, 3.05) is 55.9 Å². The number of aryl methyl sites for hydroxylation is 1. The quantitative estimate of drug-likeness (QED) is 0.396. The van der Waals surface area contributed by atoms with E-state index in [9.17, 15) is 14.4 Å². The first kappa shape index (κ1) is 26.8. The van der Waals surface area contributed by atoms with Crippen molar-refractivity contribution in [1.29, 1.82) is 0 Å². The lowest BCUT2D eigenvalue weighted by atomic mass is 10.1. The Morgan fingerprint density at radius 1 is 1.28 bits per heavy atom. The van der Waals surface area contributed by atoms with E-state index in [2.05, 4.69) is 30.9 Å². The molecule has 3 unspecified atom stereocenters.